The van der Waals surface area contributed by atoms with Crippen molar-refractivity contribution >= 4 is 33.3 Å². The summed E-state index contributed by atoms with van der Waals surface area (Å²) in [4.78, 5) is 38.9. The van der Waals surface area contributed by atoms with Crippen LogP contribution in [0.1, 0.15) is 122 Å². The summed E-state index contributed by atoms with van der Waals surface area (Å²) in [5.74, 6) is -0.0740. The lowest BCUT2D eigenvalue weighted by atomic mass is 9.32. The number of hydrogen-bond donors (Lipinski definition) is 3. The van der Waals surface area contributed by atoms with Crippen LogP contribution in [0.15, 0.2) is 42.5 Å². The van der Waals surface area contributed by atoms with E-state index in [1.807, 2.05) is 12.1 Å². The lowest BCUT2D eigenvalue weighted by molar-refractivity contribution is -0.225. The average Bonchev–Trinajstić information content (AvgIpc) is 3.50. The van der Waals surface area contributed by atoms with Gasteiger partial charge in [-0.05, 0) is 145 Å². The number of fused-ring (bicyclic) bond motifs is 7. The molecule has 1 amide bonds. The van der Waals surface area contributed by atoms with E-state index in [1.54, 1.807) is 17.0 Å². The van der Waals surface area contributed by atoms with E-state index < -0.39 is 27.8 Å². The lowest BCUT2D eigenvalue weighted by Crippen LogP contribution is -2.66. The highest BCUT2D eigenvalue weighted by molar-refractivity contribution is 7.91. The van der Waals surface area contributed by atoms with Gasteiger partial charge in [-0.3, -0.25) is 9.59 Å². The van der Waals surface area contributed by atoms with Gasteiger partial charge in [0, 0.05) is 19.6 Å². The van der Waals surface area contributed by atoms with Gasteiger partial charge in [-0.2, -0.15) is 0 Å². The Kier molecular flexibility index (Phi) is 10.1. The highest BCUT2D eigenvalue weighted by atomic mass is 32.2. The number of amides is 1. The van der Waals surface area contributed by atoms with Crippen molar-refractivity contribution in [2.75, 3.05) is 31.1 Å². The first-order valence-electron chi connectivity index (χ1n) is 20.8. The number of carbonyl (C=O) groups is 3. The van der Waals surface area contributed by atoms with Crippen LogP contribution in [0, 0.1) is 56.7 Å². The van der Waals surface area contributed by atoms with Crippen molar-refractivity contribution in [2.45, 2.75) is 112 Å². The summed E-state index contributed by atoms with van der Waals surface area (Å²) in [7, 11) is -3.18. The van der Waals surface area contributed by atoms with E-state index in [4.69, 9.17) is 0 Å². The molecule has 5 fully saturated rings. The maximum Gasteiger partial charge on any atom is 0.335 e. The molecule has 1 saturated heterocycles. The minimum atomic E-state index is -3.18. The number of allylic oxidation sites excluding steroid dienone is 3. The number of carboxylic acid groups (broad SMARTS) is 2. The third kappa shape index (κ3) is 6.44. The highest BCUT2D eigenvalue weighted by Gasteiger charge is 2.70. The molecule has 6 aliphatic rings. The first-order valence-corrected chi connectivity index (χ1v) is 22.7. The van der Waals surface area contributed by atoms with Crippen molar-refractivity contribution in [3.63, 3.8) is 0 Å². The molecular formula is C45H64N2O7S. The number of aliphatic carboxylic acids is 1. The first kappa shape index (κ1) is 40.2. The van der Waals surface area contributed by atoms with E-state index in [0.29, 0.717) is 41.7 Å². The summed E-state index contributed by atoms with van der Waals surface area (Å²) in [5.41, 5.74) is 4.27. The summed E-state index contributed by atoms with van der Waals surface area (Å²) in [6, 6.07) is 6.55. The standard InChI is InChI=1S/C45H64N2O7S/c1-28(2)31-14-19-45(27-46-34(26-37(48)49)39(50)47-22-24-55(53,54)25-23-47)21-20-43(6)33(38(31)45)12-13-36-42(5)17-15-32(29-8-10-30(11-9-29)40(51)52)41(3,4)35(42)16-18-44(36,43)7/h8-11,15,31,33-36,38,46H,1,12-14,16-27H2,2-7H3,(H,48,49)(H,51,52). The zero-order chi connectivity index (χ0) is 39.9. The fraction of sp³-hybridized carbons (Fsp3) is 0.711. The van der Waals surface area contributed by atoms with Crippen molar-refractivity contribution < 1.29 is 33.0 Å². The van der Waals surface area contributed by atoms with Crippen LogP contribution in [0.4, 0.5) is 0 Å². The Morgan fingerprint density at radius 2 is 1.56 bits per heavy atom. The molecule has 4 saturated carbocycles. The number of sulfone groups is 1. The number of nitrogens with zero attached hydrogens (tertiary/aromatic N) is 1. The fourth-order valence-corrected chi connectivity index (χ4v) is 15.6. The van der Waals surface area contributed by atoms with E-state index in [2.05, 4.69) is 59.5 Å². The van der Waals surface area contributed by atoms with Gasteiger partial charge in [-0.15, -0.1) is 0 Å². The minimum Gasteiger partial charge on any atom is -0.481 e. The summed E-state index contributed by atoms with van der Waals surface area (Å²) >= 11 is 0. The Labute approximate surface area is 328 Å². The van der Waals surface area contributed by atoms with Gasteiger partial charge in [0.1, 0.15) is 0 Å². The summed E-state index contributed by atoms with van der Waals surface area (Å²) < 4.78 is 24.2. The molecule has 302 valence electrons. The molecule has 10 unspecified atom stereocenters. The maximum atomic E-state index is 13.8. The molecule has 0 spiro atoms. The largest absolute Gasteiger partial charge is 0.481 e. The Bertz CT molecular complexity index is 1870. The molecule has 1 heterocycles. The van der Waals surface area contributed by atoms with Crippen LogP contribution in [0.5, 0.6) is 0 Å². The van der Waals surface area contributed by atoms with Gasteiger partial charge in [0.25, 0.3) is 0 Å². The smallest absolute Gasteiger partial charge is 0.335 e. The van der Waals surface area contributed by atoms with Crippen molar-refractivity contribution in [2.24, 2.45) is 56.7 Å². The predicted octanol–water partition coefficient (Wildman–Crippen LogP) is 7.73. The third-order valence-corrected chi connectivity index (χ3v) is 18.9. The van der Waals surface area contributed by atoms with Gasteiger partial charge in [0.2, 0.25) is 5.91 Å². The zero-order valence-electron chi connectivity index (χ0n) is 34.0. The second-order valence-corrected chi connectivity index (χ2v) is 22.3. The Morgan fingerprint density at radius 1 is 0.891 bits per heavy atom. The number of rotatable bonds is 9. The van der Waals surface area contributed by atoms with Gasteiger partial charge >= 0.3 is 11.9 Å². The van der Waals surface area contributed by atoms with Gasteiger partial charge in [0.05, 0.1) is 29.5 Å². The molecule has 1 aromatic carbocycles. The second kappa shape index (κ2) is 13.8. The van der Waals surface area contributed by atoms with E-state index in [1.165, 1.54) is 24.0 Å². The zero-order valence-corrected chi connectivity index (χ0v) is 34.8. The average molecular weight is 777 g/mol. The fourth-order valence-electron chi connectivity index (χ4n) is 14.4. The summed E-state index contributed by atoms with van der Waals surface area (Å²) in [6.07, 6.45) is 12.1. The first-order chi connectivity index (χ1) is 25.7. The molecule has 7 rings (SSSR count). The van der Waals surface area contributed by atoms with Crippen molar-refractivity contribution in [3.8, 4) is 0 Å². The molecule has 1 aliphatic heterocycles. The SMILES string of the molecule is C=C(C)C1CCC2(CNC(CC(=O)O)C(=O)N3CCS(=O)(=O)CC3)CCC3(C)C(CCC4C5(C)CC=C(c6ccc(C(=O)O)cc6)C(C)(C)C5CCC43C)C12. The van der Waals surface area contributed by atoms with Crippen molar-refractivity contribution in [1.82, 2.24) is 10.2 Å². The molecule has 5 aliphatic carbocycles. The Balaban J connectivity index is 1.16. The number of benzene rings is 1. The molecule has 10 heteroatoms. The normalized spacial score (nSPS) is 39.3. The van der Waals surface area contributed by atoms with Crippen LogP contribution in [0.2, 0.25) is 0 Å². The highest BCUT2D eigenvalue weighted by Crippen LogP contribution is 2.77. The molecule has 0 aromatic heterocycles. The topological polar surface area (TPSA) is 141 Å². The number of nitrogens with one attached hydrogen (secondary N) is 1. The molecule has 1 aromatic rings. The number of carbonyl (C=O) groups excluding carboxylic acids is 1. The molecule has 3 N–H and O–H groups in total. The minimum absolute atomic E-state index is 0.0624. The number of aromatic carboxylic acids is 1. The second-order valence-electron chi connectivity index (χ2n) is 20.0. The van der Waals surface area contributed by atoms with Crippen molar-refractivity contribution in [3.05, 3.63) is 53.6 Å². The molecule has 9 nitrogen and oxygen atoms in total. The van der Waals surface area contributed by atoms with E-state index in [9.17, 15) is 33.0 Å². The number of hydrogen-bond acceptors (Lipinski definition) is 6. The molecular weight excluding hydrogens is 713 g/mol. The van der Waals surface area contributed by atoms with Gasteiger partial charge in [-0.25, -0.2) is 13.2 Å². The van der Waals surface area contributed by atoms with Gasteiger partial charge in [-0.1, -0.05) is 65.0 Å². The third-order valence-electron chi connectivity index (χ3n) is 17.3. The van der Waals surface area contributed by atoms with E-state index >= 15 is 0 Å². The van der Waals surface area contributed by atoms with Crippen LogP contribution in [-0.2, 0) is 19.4 Å². The van der Waals surface area contributed by atoms with Crippen LogP contribution in [0.25, 0.3) is 5.57 Å². The maximum absolute atomic E-state index is 13.8. The van der Waals surface area contributed by atoms with E-state index in [0.717, 1.165) is 50.5 Å². The van der Waals surface area contributed by atoms with Crippen LogP contribution >= 0.6 is 0 Å². The molecule has 55 heavy (non-hydrogen) atoms. The lowest BCUT2D eigenvalue weighted by Gasteiger charge is -2.72. The molecule has 0 radical (unpaired) electrons. The van der Waals surface area contributed by atoms with Crippen molar-refractivity contribution in [1.29, 1.82) is 0 Å². The van der Waals surface area contributed by atoms with Crippen LogP contribution in [-0.4, -0.2) is 78.6 Å². The Morgan fingerprint density at radius 3 is 2.18 bits per heavy atom. The van der Waals surface area contributed by atoms with Crippen LogP contribution in [0.3, 0.4) is 0 Å². The monoisotopic (exact) mass is 776 g/mol. The van der Waals surface area contributed by atoms with Crippen LogP contribution < -0.4 is 5.32 Å². The quantitative estimate of drug-likeness (QED) is 0.217. The number of carboxylic acids is 2. The summed E-state index contributed by atoms with van der Waals surface area (Å²) in [5, 5.41) is 22.9. The van der Waals surface area contributed by atoms with Gasteiger partial charge in [0.15, 0.2) is 9.84 Å². The molecule has 10 atom stereocenters. The predicted molar refractivity (Wildman–Crippen MR) is 215 cm³/mol. The Hall–Kier alpha value is -2.98. The molecule has 0 bridgehead atoms. The van der Waals surface area contributed by atoms with E-state index in [-0.39, 0.29) is 64.0 Å². The van der Waals surface area contributed by atoms with Gasteiger partial charge < -0.3 is 20.4 Å². The summed E-state index contributed by atoms with van der Waals surface area (Å²) in [6.45, 7) is 20.2.